The molecular weight excluding hydrogens is 450 g/mol. The van der Waals surface area contributed by atoms with Crippen molar-refractivity contribution in [1.82, 2.24) is 4.31 Å². The molecule has 8 nitrogen and oxygen atoms in total. The second-order valence-corrected chi connectivity index (χ2v) is 11.6. The molecule has 0 spiro atoms. The standard InChI is InChI=1S/C22H29N3O5S2/c1-3-15-31(27,28)24-20-11-9-19(10-12-20)23-22(26)18-8-7-17(2)21(16-18)32(29,30)25-13-5-4-6-14-25/h7-12,16,24H,3-6,13-15H2,1-2H3,(H,23,26). The van der Waals surface area contributed by atoms with Crippen LogP contribution in [0, 0.1) is 6.92 Å². The average molecular weight is 480 g/mol. The summed E-state index contributed by atoms with van der Waals surface area (Å²) in [6.07, 6.45) is 3.20. The van der Waals surface area contributed by atoms with Crippen molar-refractivity contribution >= 4 is 37.3 Å². The van der Waals surface area contributed by atoms with E-state index in [2.05, 4.69) is 10.0 Å². The highest BCUT2D eigenvalue weighted by Crippen LogP contribution is 2.25. The smallest absolute Gasteiger partial charge is 0.255 e. The van der Waals surface area contributed by atoms with Crippen LogP contribution < -0.4 is 10.0 Å². The number of nitrogens with zero attached hydrogens (tertiary/aromatic N) is 1. The quantitative estimate of drug-likeness (QED) is 0.601. The topological polar surface area (TPSA) is 113 Å². The molecule has 1 heterocycles. The van der Waals surface area contributed by atoms with Gasteiger partial charge in [-0.05, 0) is 68.1 Å². The first-order valence-electron chi connectivity index (χ1n) is 10.6. The minimum absolute atomic E-state index is 0.0293. The second-order valence-electron chi connectivity index (χ2n) is 7.90. The maximum absolute atomic E-state index is 13.1. The Bertz CT molecular complexity index is 1170. The summed E-state index contributed by atoms with van der Waals surface area (Å²) in [6.45, 7) is 4.49. The van der Waals surface area contributed by atoms with Crippen LogP contribution in [0.4, 0.5) is 11.4 Å². The van der Waals surface area contributed by atoms with Crippen LogP contribution >= 0.6 is 0 Å². The number of amides is 1. The molecule has 2 aromatic rings. The molecular formula is C22H29N3O5S2. The van der Waals surface area contributed by atoms with Crippen LogP contribution in [0.2, 0.25) is 0 Å². The lowest BCUT2D eigenvalue weighted by atomic mass is 10.1. The van der Waals surface area contributed by atoms with Gasteiger partial charge in [0.1, 0.15) is 0 Å². The molecule has 0 radical (unpaired) electrons. The zero-order valence-corrected chi connectivity index (χ0v) is 19.9. The predicted octanol–water partition coefficient (Wildman–Crippen LogP) is 3.57. The van der Waals surface area contributed by atoms with Crippen molar-refractivity contribution in [3.8, 4) is 0 Å². The third kappa shape index (κ3) is 5.87. The Hall–Kier alpha value is -2.43. The van der Waals surface area contributed by atoms with Crippen molar-refractivity contribution in [2.75, 3.05) is 28.9 Å². The second kappa shape index (κ2) is 10.0. The van der Waals surface area contributed by atoms with E-state index in [1.54, 1.807) is 50.2 Å². The van der Waals surface area contributed by atoms with Gasteiger partial charge in [0.05, 0.1) is 10.6 Å². The molecule has 0 unspecified atom stereocenters. The van der Waals surface area contributed by atoms with Crippen molar-refractivity contribution in [3.05, 3.63) is 53.6 Å². The maximum atomic E-state index is 13.1. The Morgan fingerprint density at radius 2 is 1.56 bits per heavy atom. The fourth-order valence-electron chi connectivity index (χ4n) is 3.59. The van der Waals surface area contributed by atoms with Crippen LogP contribution in [-0.4, -0.2) is 45.9 Å². The number of aryl methyl sites for hydroxylation is 1. The molecule has 2 N–H and O–H groups in total. The third-order valence-corrected chi connectivity index (χ3v) is 8.81. The highest BCUT2D eigenvalue weighted by Gasteiger charge is 2.28. The van der Waals surface area contributed by atoms with E-state index in [1.807, 2.05) is 0 Å². The number of rotatable bonds is 8. The lowest BCUT2D eigenvalue weighted by Gasteiger charge is -2.26. The molecule has 0 saturated carbocycles. The molecule has 0 atom stereocenters. The zero-order chi connectivity index (χ0) is 23.4. The van der Waals surface area contributed by atoms with E-state index < -0.39 is 26.0 Å². The number of sulfonamides is 2. The average Bonchev–Trinajstić information content (AvgIpc) is 2.75. The molecule has 10 heteroatoms. The fraction of sp³-hybridized carbons (Fsp3) is 0.409. The fourth-order valence-corrected chi connectivity index (χ4v) is 6.49. The number of benzene rings is 2. The molecule has 1 saturated heterocycles. The summed E-state index contributed by atoms with van der Waals surface area (Å²) in [6, 6.07) is 10.9. The minimum Gasteiger partial charge on any atom is -0.322 e. The van der Waals surface area contributed by atoms with Crippen molar-refractivity contribution in [1.29, 1.82) is 0 Å². The first-order valence-corrected chi connectivity index (χ1v) is 13.7. The van der Waals surface area contributed by atoms with Gasteiger partial charge in [0.25, 0.3) is 5.91 Å². The molecule has 174 valence electrons. The molecule has 0 aliphatic carbocycles. The summed E-state index contributed by atoms with van der Waals surface area (Å²) in [4.78, 5) is 12.9. The molecule has 32 heavy (non-hydrogen) atoms. The van der Waals surface area contributed by atoms with Crippen LogP contribution in [0.1, 0.15) is 48.5 Å². The van der Waals surface area contributed by atoms with Gasteiger partial charge < -0.3 is 5.32 Å². The van der Waals surface area contributed by atoms with Gasteiger partial charge in [0.15, 0.2) is 0 Å². The molecule has 0 aromatic heterocycles. The van der Waals surface area contributed by atoms with Crippen LogP contribution in [0.5, 0.6) is 0 Å². The number of hydrogen-bond acceptors (Lipinski definition) is 5. The van der Waals surface area contributed by atoms with Crippen LogP contribution in [0.25, 0.3) is 0 Å². The number of piperidine rings is 1. The number of carbonyl (C=O) groups is 1. The van der Waals surface area contributed by atoms with Gasteiger partial charge >= 0.3 is 0 Å². The molecule has 0 bridgehead atoms. The Morgan fingerprint density at radius 3 is 2.19 bits per heavy atom. The lowest BCUT2D eigenvalue weighted by Crippen LogP contribution is -2.36. The van der Waals surface area contributed by atoms with E-state index in [9.17, 15) is 21.6 Å². The normalized spacial score (nSPS) is 15.3. The van der Waals surface area contributed by atoms with Gasteiger partial charge in [-0.3, -0.25) is 9.52 Å². The van der Waals surface area contributed by atoms with Gasteiger partial charge in [0, 0.05) is 30.0 Å². The van der Waals surface area contributed by atoms with Gasteiger partial charge in [-0.15, -0.1) is 0 Å². The Kier molecular flexibility index (Phi) is 7.58. The highest BCUT2D eigenvalue weighted by molar-refractivity contribution is 7.92. The molecule has 1 amide bonds. The van der Waals surface area contributed by atoms with Crippen molar-refractivity contribution in [2.24, 2.45) is 0 Å². The largest absolute Gasteiger partial charge is 0.322 e. The predicted molar refractivity (Wildman–Crippen MR) is 126 cm³/mol. The maximum Gasteiger partial charge on any atom is 0.255 e. The highest BCUT2D eigenvalue weighted by atomic mass is 32.2. The van der Waals surface area contributed by atoms with E-state index in [-0.39, 0.29) is 16.2 Å². The minimum atomic E-state index is -3.66. The molecule has 1 fully saturated rings. The summed E-state index contributed by atoms with van der Waals surface area (Å²) in [5.41, 5.74) is 1.70. The molecule has 1 aliphatic heterocycles. The van der Waals surface area contributed by atoms with Gasteiger partial charge in [-0.1, -0.05) is 19.4 Å². The van der Waals surface area contributed by atoms with E-state index >= 15 is 0 Å². The third-order valence-electron chi connectivity index (χ3n) is 5.27. The van der Waals surface area contributed by atoms with Crippen LogP contribution in [0.3, 0.4) is 0 Å². The van der Waals surface area contributed by atoms with Crippen molar-refractivity contribution in [2.45, 2.75) is 44.4 Å². The van der Waals surface area contributed by atoms with E-state index in [4.69, 9.17) is 0 Å². The van der Waals surface area contributed by atoms with E-state index in [0.717, 1.165) is 19.3 Å². The lowest BCUT2D eigenvalue weighted by molar-refractivity contribution is 0.102. The summed E-state index contributed by atoms with van der Waals surface area (Å²) in [5, 5.41) is 2.73. The monoisotopic (exact) mass is 479 g/mol. The van der Waals surface area contributed by atoms with Gasteiger partial charge in [-0.25, -0.2) is 16.8 Å². The first kappa shape index (κ1) is 24.2. The summed E-state index contributed by atoms with van der Waals surface area (Å²) in [5.74, 6) is -0.416. The molecule has 2 aromatic carbocycles. The van der Waals surface area contributed by atoms with Gasteiger partial charge in [-0.2, -0.15) is 4.31 Å². The zero-order valence-electron chi connectivity index (χ0n) is 18.3. The summed E-state index contributed by atoms with van der Waals surface area (Å²) < 4.78 is 53.9. The Balaban J connectivity index is 1.75. The SMILES string of the molecule is CCCS(=O)(=O)Nc1ccc(NC(=O)c2ccc(C)c(S(=O)(=O)N3CCCCC3)c2)cc1. The van der Waals surface area contributed by atoms with Crippen LogP contribution in [0.15, 0.2) is 47.4 Å². The van der Waals surface area contributed by atoms with E-state index in [0.29, 0.717) is 36.4 Å². The van der Waals surface area contributed by atoms with Crippen molar-refractivity contribution < 1.29 is 21.6 Å². The Labute approximate surface area is 190 Å². The first-order chi connectivity index (χ1) is 15.1. The Morgan fingerprint density at radius 1 is 0.938 bits per heavy atom. The summed E-state index contributed by atoms with van der Waals surface area (Å²) in [7, 11) is -7.06. The number of nitrogens with one attached hydrogen (secondary N) is 2. The van der Waals surface area contributed by atoms with E-state index in [1.165, 1.54) is 10.4 Å². The number of carbonyl (C=O) groups excluding carboxylic acids is 1. The molecule has 3 rings (SSSR count). The van der Waals surface area contributed by atoms with Crippen molar-refractivity contribution in [3.63, 3.8) is 0 Å². The molecule has 1 aliphatic rings. The summed E-state index contributed by atoms with van der Waals surface area (Å²) >= 11 is 0. The van der Waals surface area contributed by atoms with Crippen LogP contribution in [-0.2, 0) is 20.0 Å². The number of hydrogen-bond donors (Lipinski definition) is 2. The van der Waals surface area contributed by atoms with Gasteiger partial charge in [0.2, 0.25) is 20.0 Å². The number of anilines is 2.